The molecule has 0 spiro atoms. The van der Waals surface area contributed by atoms with E-state index in [9.17, 15) is 9.59 Å². The number of fused-ring (bicyclic) bond motifs is 1. The zero-order valence-electron chi connectivity index (χ0n) is 20.2. The Labute approximate surface area is 205 Å². The summed E-state index contributed by atoms with van der Waals surface area (Å²) in [6.45, 7) is 6.82. The number of aromatic nitrogens is 2. The third kappa shape index (κ3) is 4.35. The molecule has 0 unspecified atom stereocenters. The first kappa shape index (κ1) is 22.6. The minimum atomic E-state index is -0.223. The number of para-hydroxylation sites is 1. The second kappa shape index (κ2) is 9.22. The molecule has 176 valence electrons. The van der Waals surface area contributed by atoms with Gasteiger partial charge in [0.1, 0.15) is 0 Å². The SMILES string of the molecule is Cc1ccc(-n2ncc(C(=O)Nc3ccc(C(=O)N4CCc5ccccc54)cc3)c2C(C)C)cc1. The Morgan fingerprint density at radius 3 is 2.37 bits per heavy atom. The number of rotatable bonds is 5. The maximum Gasteiger partial charge on any atom is 0.259 e. The largest absolute Gasteiger partial charge is 0.322 e. The lowest BCUT2D eigenvalue weighted by Gasteiger charge is -2.17. The van der Waals surface area contributed by atoms with Gasteiger partial charge in [-0.2, -0.15) is 5.10 Å². The number of hydrogen-bond donors (Lipinski definition) is 1. The Bertz CT molecular complexity index is 1390. The van der Waals surface area contributed by atoms with Crippen molar-refractivity contribution in [1.82, 2.24) is 9.78 Å². The van der Waals surface area contributed by atoms with Crippen molar-refractivity contribution < 1.29 is 9.59 Å². The lowest BCUT2D eigenvalue weighted by atomic mass is 10.0. The highest BCUT2D eigenvalue weighted by atomic mass is 16.2. The van der Waals surface area contributed by atoms with Crippen molar-refractivity contribution in [2.24, 2.45) is 0 Å². The van der Waals surface area contributed by atoms with E-state index >= 15 is 0 Å². The molecule has 1 aromatic heterocycles. The van der Waals surface area contributed by atoms with Crippen molar-refractivity contribution in [3.8, 4) is 5.69 Å². The molecule has 2 heterocycles. The lowest BCUT2D eigenvalue weighted by Crippen LogP contribution is -2.28. The van der Waals surface area contributed by atoms with Gasteiger partial charge in [0.05, 0.1) is 23.1 Å². The minimum Gasteiger partial charge on any atom is -0.322 e. The fourth-order valence-corrected chi connectivity index (χ4v) is 4.58. The van der Waals surface area contributed by atoms with Crippen molar-refractivity contribution in [2.75, 3.05) is 16.8 Å². The fraction of sp³-hybridized carbons (Fsp3) is 0.207. The summed E-state index contributed by atoms with van der Waals surface area (Å²) in [7, 11) is 0. The quantitative estimate of drug-likeness (QED) is 0.408. The van der Waals surface area contributed by atoms with E-state index in [4.69, 9.17) is 0 Å². The Hall–Kier alpha value is -4.19. The van der Waals surface area contributed by atoms with Crippen LogP contribution in [0.15, 0.2) is 79.0 Å². The molecular weight excluding hydrogens is 436 g/mol. The maximum absolute atomic E-state index is 13.2. The second-order valence-electron chi connectivity index (χ2n) is 9.21. The summed E-state index contributed by atoms with van der Waals surface area (Å²) in [5.41, 5.74) is 6.87. The van der Waals surface area contributed by atoms with Gasteiger partial charge in [0.2, 0.25) is 0 Å². The van der Waals surface area contributed by atoms with Crippen LogP contribution in [0.3, 0.4) is 0 Å². The van der Waals surface area contributed by atoms with Crippen LogP contribution >= 0.6 is 0 Å². The van der Waals surface area contributed by atoms with Gasteiger partial charge in [0, 0.05) is 23.5 Å². The molecular formula is C29H28N4O2. The molecule has 0 fully saturated rings. The average molecular weight is 465 g/mol. The van der Waals surface area contributed by atoms with Gasteiger partial charge in [-0.15, -0.1) is 0 Å². The predicted molar refractivity (Wildman–Crippen MR) is 139 cm³/mol. The zero-order chi connectivity index (χ0) is 24.5. The summed E-state index contributed by atoms with van der Waals surface area (Å²) in [6, 6.07) is 23.1. The molecule has 6 nitrogen and oxygen atoms in total. The van der Waals surface area contributed by atoms with E-state index in [-0.39, 0.29) is 17.7 Å². The van der Waals surface area contributed by atoms with Gasteiger partial charge in [-0.05, 0) is 67.3 Å². The third-order valence-electron chi connectivity index (χ3n) is 6.40. The first-order chi connectivity index (χ1) is 16.9. The molecule has 0 saturated heterocycles. The molecule has 5 rings (SSSR count). The second-order valence-corrected chi connectivity index (χ2v) is 9.21. The molecule has 1 aliphatic rings. The number of carbonyl (C=O) groups is 2. The predicted octanol–water partition coefficient (Wildman–Crippen LogP) is 5.76. The molecule has 1 aliphatic heterocycles. The Morgan fingerprint density at radius 2 is 1.66 bits per heavy atom. The number of hydrogen-bond acceptors (Lipinski definition) is 3. The number of benzene rings is 3. The Balaban J connectivity index is 1.34. The van der Waals surface area contributed by atoms with Crippen molar-refractivity contribution in [2.45, 2.75) is 33.1 Å². The highest BCUT2D eigenvalue weighted by Gasteiger charge is 2.25. The van der Waals surface area contributed by atoms with Crippen molar-refractivity contribution in [1.29, 1.82) is 0 Å². The van der Waals surface area contributed by atoms with Crippen molar-refractivity contribution >= 4 is 23.2 Å². The van der Waals surface area contributed by atoms with Crippen LogP contribution in [0.5, 0.6) is 0 Å². The van der Waals surface area contributed by atoms with Gasteiger partial charge < -0.3 is 10.2 Å². The molecule has 0 saturated carbocycles. The van der Waals surface area contributed by atoms with Crippen molar-refractivity contribution in [3.63, 3.8) is 0 Å². The van der Waals surface area contributed by atoms with Crippen LogP contribution in [0.2, 0.25) is 0 Å². The summed E-state index contributed by atoms with van der Waals surface area (Å²) in [4.78, 5) is 28.1. The van der Waals surface area contributed by atoms with E-state index in [0.29, 0.717) is 23.4 Å². The van der Waals surface area contributed by atoms with Gasteiger partial charge in [-0.25, -0.2) is 4.68 Å². The molecule has 0 radical (unpaired) electrons. The number of amides is 2. The van der Waals surface area contributed by atoms with Crippen molar-refractivity contribution in [3.05, 3.63) is 107 Å². The molecule has 0 atom stereocenters. The Morgan fingerprint density at radius 1 is 0.943 bits per heavy atom. The van der Waals surface area contributed by atoms with Crippen LogP contribution < -0.4 is 10.2 Å². The van der Waals surface area contributed by atoms with Gasteiger partial charge in [-0.1, -0.05) is 49.7 Å². The third-order valence-corrected chi connectivity index (χ3v) is 6.40. The van der Waals surface area contributed by atoms with E-state index in [1.165, 1.54) is 11.1 Å². The Kier molecular flexibility index (Phi) is 5.95. The van der Waals surface area contributed by atoms with Gasteiger partial charge in [0.25, 0.3) is 11.8 Å². The summed E-state index contributed by atoms with van der Waals surface area (Å²) >= 11 is 0. The molecule has 35 heavy (non-hydrogen) atoms. The lowest BCUT2D eigenvalue weighted by molar-refractivity contribution is 0.0988. The molecule has 3 aromatic carbocycles. The van der Waals surface area contributed by atoms with E-state index in [2.05, 4.69) is 30.3 Å². The molecule has 2 amide bonds. The van der Waals surface area contributed by atoms with E-state index in [0.717, 1.165) is 23.5 Å². The minimum absolute atomic E-state index is 0.0331. The fourth-order valence-electron chi connectivity index (χ4n) is 4.58. The van der Waals surface area contributed by atoms with Gasteiger partial charge in [-0.3, -0.25) is 9.59 Å². The summed E-state index contributed by atoms with van der Waals surface area (Å²) in [5.74, 6) is -0.156. The smallest absolute Gasteiger partial charge is 0.259 e. The molecule has 4 aromatic rings. The van der Waals surface area contributed by atoms with E-state index in [1.54, 1.807) is 30.5 Å². The summed E-state index contributed by atoms with van der Waals surface area (Å²) in [6.07, 6.45) is 2.48. The monoisotopic (exact) mass is 464 g/mol. The molecule has 1 N–H and O–H groups in total. The number of aryl methyl sites for hydroxylation is 1. The first-order valence-electron chi connectivity index (χ1n) is 11.9. The summed E-state index contributed by atoms with van der Waals surface area (Å²) < 4.78 is 1.83. The highest BCUT2D eigenvalue weighted by Crippen LogP contribution is 2.29. The normalized spacial score (nSPS) is 12.6. The number of nitrogens with zero attached hydrogens (tertiary/aromatic N) is 3. The van der Waals surface area contributed by atoms with Gasteiger partial charge in [0.15, 0.2) is 0 Å². The molecule has 0 bridgehead atoms. The van der Waals surface area contributed by atoms with Gasteiger partial charge >= 0.3 is 0 Å². The number of nitrogens with one attached hydrogen (secondary N) is 1. The number of carbonyl (C=O) groups excluding carboxylic acids is 2. The van der Waals surface area contributed by atoms with Crippen LogP contribution in [0, 0.1) is 6.92 Å². The number of anilines is 2. The zero-order valence-corrected chi connectivity index (χ0v) is 20.2. The van der Waals surface area contributed by atoms with Crippen LogP contribution in [0.4, 0.5) is 11.4 Å². The van der Waals surface area contributed by atoms with E-state index < -0.39 is 0 Å². The van der Waals surface area contributed by atoms with Crippen LogP contribution in [0.25, 0.3) is 5.69 Å². The molecule has 6 heteroatoms. The van der Waals surface area contributed by atoms with E-state index in [1.807, 2.05) is 59.0 Å². The average Bonchev–Trinajstić information content (AvgIpc) is 3.50. The molecule has 0 aliphatic carbocycles. The summed E-state index contributed by atoms with van der Waals surface area (Å²) in [5, 5.41) is 7.47. The first-order valence-corrected chi connectivity index (χ1v) is 11.9. The standard InChI is InChI=1S/C29H28N4O2/c1-19(2)27-25(18-30-33(27)24-14-8-20(3)9-15-24)28(34)31-23-12-10-22(11-13-23)29(35)32-17-16-21-6-4-5-7-26(21)32/h4-15,18-19H,16-17H2,1-3H3,(H,31,34). The maximum atomic E-state index is 13.2. The van der Waals surface area contributed by atoms with Crippen LogP contribution in [0.1, 0.15) is 57.3 Å². The topological polar surface area (TPSA) is 67.2 Å². The van der Waals surface area contributed by atoms with Crippen LogP contribution in [-0.2, 0) is 6.42 Å². The highest BCUT2D eigenvalue weighted by molar-refractivity contribution is 6.08. The van der Waals surface area contributed by atoms with Crippen LogP contribution in [-0.4, -0.2) is 28.1 Å².